The number of ether oxygens (including phenoxy) is 1. The van der Waals surface area contributed by atoms with Crippen molar-refractivity contribution in [2.45, 2.75) is 19.4 Å². The first-order chi connectivity index (χ1) is 7.27. The van der Waals surface area contributed by atoms with Gasteiger partial charge in [0.05, 0.1) is 6.61 Å². The summed E-state index contributed by atoms with van der Waals surface area (Å²) in [5.74, 6) is 0. The second-order valence-electron chi connectivity index (χ2n) is 4.32. The maximum Gasteiger partial charge on any atom is 0.0615 e. The third kappa shape index (κ3) is 4.47. The van der Waals surface area contributed by atoms with Crippen LogP contribution in [0.25, 0.3) is 0 Å². The summed E-state index contributed by atoms with van der Waals surface area (Å²) in [5.41, 5.74) is 5.51. The number of rotatable bonds is 6. The van der Waals surface area contributed by atoms with Crippen molar-refractivity contribution in [2.75, 3.05) is 53.0 Å². The molecule has 1 heterocycles. The van der Waals surface area contributed by atoms with E-state index >= 15 is 0 Å². The van der Waals surface area contributed by atoms with E-state index in [1.54, 1.807) is 7.11 Å². The molecule has 0 aromatic rings. The average Bonchev–Trinajstić information content (AvgIpc) is 2.27. The topological polar surface area (TPSA) is 41.7 Å². The van der Waals surface area contributed by atoms with Crippen molar-refractivity contribution < 1.29 is 4.74 Å². The molecule has 0 aliphatic carbocycles. The molecule has 90 valence electrons. The van der Waals surface area contributed by atoms with Crippen LogP contribution in [0, 0.1) is 0 Å². The van der Waals surface area contributed by atoms with Gasteiger partial charge in [-0.2, -0.15) is 0 Å². The van der Waals surface area contributed by atoms with Crippen molar-refractivity contribution in [2.24, 2.45) is 5.73 Å². The Morgan fingerprint density at radius 1 is 1.27 bits per heavy atom. The van der Waals surface area contributed by atoms with Crippen LogP contribution in [0.2, 0.25) is 0 Å². The zero-order valence-electron chi connectivity index (χ0n) is 10.1. The smallest absolute Gasteiger partial charge is 0.0615 e. The molecule has 15 heavy (non-hydrogen) atoms. The SMILES string of the molecule is COCC(C)N1CCN(CCCN)CC1. The molecule has 1 aliphatic rings. The molecule has 1 aliphatic heterocycles. The number of nitrogens with zero attached hydrogens (tertiary/aromatic N) is 2. The third-order valence-corrected chi connectivity index (χ3v) is 3.12. The van der Waals surface area contributed by atoms with Crippen molar-refractivity contribution in [1.29, 1.82) is 0 Å². The molecular weight excluding hydrogens is 190 g/mol. The molecule has 2 N–H and O–H groups in total. The van der Waals surface area contributed by atoms with Crippen LogP contribution in [0.4, 0.5) is 0 Å². The first-order valence-corrected chi connectivity index (χ1v) is 5.93. The molecule has 0 aromatic carbocycles. The van der Waals surface area contributed by atoms with E-state index in [-0.39, 0.29) is 0 Å². The summed E-state index contributed by atoms with van der Waals surface area (Å²) in [6.07, 6.45) is 1.12. The van der Waals surface area contributed by atoms with Gasteiger partial charge in [0, 0.05) is 39.3 Å². The normalized spacial score (nSPS) is 21.8. The minimum Gasteiger partial charge on any atom is -0.383 e. The molecule has 0 radical (unpaired) electrons. The van der Waals surface area contributed by atoms with Gasteiger partial charge in [0.1, 0.15) is 0 Å². The molecule has 0 amide bonds. The van der Waals surface area contributed by atoms with Crippen LogP contribution in [-0.2, 0) is 4.74 Å². The average molecular weight is 215 g/mol. The molecule has 0 bridgehead atoms. The lowest BCUT2D eigenvalue weighted by atomic mass is 10.2. The Balaban J connectivity index is 2.17. The first-order valence-electron chi connectivity index (χ1n) is 5.93. The zero-order valence-corrected chi connectivity index (χ0v) is 10.1. The lowest BCUT2D eigenvalue weighted by molar-refractivity contribution is 0.0572. The molecule has 4 nitrogen and oxygen atoms in total. The molecule has 1 fully saturated rings. The van der Waals surface area contributed by atoms with Crippen LogP contribution < -0.4 is 5.73 Å². The lowest BCUT2D eigenvalue weighted by Gasteiger charge is -2.37. The molecule has 0 saturated carbocycles. The van der Waals surface area contributed by atoms with Gasteiger partial charge in [0.25, 0.3) is 0 Å². The third-order valence-electron chi connectivity index (χ3n) is 3.12. The van der Waals surface area contributed by atoms with Crippen LogP contribution in [0.15, 0.2) is 0 Å². The summed E-state index contributed by atoms with van der Waals surface area (Å²) < 4.78 is 5.18. The van der Waals surface area contributed by atoms with E-state index in [0.29, 0.717) is 6.04 Å². The summed E-state index contributed by atoms with van der Waals surface area (Å²) in [6.45, 7) is 9.71. The Hall–Kier alpha value is -0.160. The van der Waals surface area contributed by atoms with Gasteiger partial charge < -0.3 is 15.4 Å². The molecular formula is C11H25N3O. The Bertz CT molecular complexity index is 158. The number of nitrogens with two attached hydrogens (primary N) is 1. The fourth-order valence-corrected chi connectivity index (χ4v) is 2.09. The molecule has 1 unspecified atom stereocenters. The second kappa shape index (κ2) is 7.17. The van der Waals surface area contributed by atoms with Crippen molar-refractivity contribution in [3.63, 3.8) is 0 Å². The van der Waals surface area contributed by atoms with Crippen LogP contribution in [-0.4, -0.2) is 68.8 Å². The van der Waals surface area contributed by atoms with Crippen LogP contribution in [0.5, 0.6) is 0 Å². The van der Waals surface area contributed by atoms with Gasteiger partial charge in [-0.05, 0) is 26.4 Å². The summed E-state index contributed by atoms with van der Waals surface area (Å²) in [5, 5.41) is 0. The van der Waals surface area contributed by atoms with Crippen LogP contribution >= 0.6 is 0 Å². The monoisotopic (exact) mass is 215 g/mol. The van der Waals surface area contributed by atoms with Crippen molar-refractivity contribution in [3.05, 3.63) is 0 Å². The standard InChI is InChI=1S/C11H25N3O/c1-11(10-15-2)14-8-6-13(7-9-14)5-3-4-12/h11H,3-10,12H2,1-2H3. The minimum atomic E-state index is 0.548. The summed E-state index contributed by atoms with van der Waals surface area (Å²) in [7, 11) is 1.77. The van der Waals surface area contributed by atoms with Crippen LogP contribution in [0.3, 0.4) is 0 Å². The number of piperazine rings is 1. The van der Waals surface area contributed by atoms with E-state index in [0.717, 1.165) is 39.2 Å². The Labute approximate surface area is 93.4 Å². The van der Waals surface area contributed by atoms with Gasteiger partial charge in [-0.3, -0.25) is 4.90 Å². The zero-order chi connectivity index (χ0) is 11.1. The van der Waals surface area contributed by atoms with Crippen molar-refractivity contribution in [1.82, 2.24) is 9.80 Å². The molecule has 4 heteroatoms. The number of hydrogen-bond donors (Lipinski definition) is 1. The minimum absolute atomic E-state index is 0.548. The predicted molar refractivity (Wildman–Crippen MR) is 63.0 cm³/mol. The quantitative estimate of drug-likeness (QED) is 0.676. The Morgan fingerprint density at radius 3 is 2.47 bits per heavy atom. The highest BCUT2D eigenvalue weighted by Crippen LogP contribution is 2.06. The largest absolute Gasteiger partial charge is 0.383 e. The Kier molecular flexibility index (Phi) is 6.17. The van der Waals surface area contributed by atoms with Gasteiger partial charge in [0.2, 0.25) is 0 Å². The summed E-state index contributed by atoms with van der Waals surface area (Å²) >= 11 is 0. The molecule has 1 atom stereocenters. The number of methoxy groups -OCH3 is 1. The Morgan fingerprint density at radius 2 is 1.93 bits per heavy atom. The lowest BCUT2D eigenvalue weighted by Crippen LogP contribution is -2.50. The highest BCUT2D eigenvalue weighted by Gasteiger charge is 2.20. The fraction of sp³-hybridized carbons (Fsp3) is 1.00. The molecule has 1 saturated heterocycles. The van der Waals surface area contributed by atoms with E-state index in [1.165, 1.54) is 13.1 Å². The highest BCUT2D eigenvalue weighted by molar-refractivity contribution is 4.75. The highest BCUT2D eigenvalue weighted by atomic mass is 16.5. The molecule has 1 rings (SSSR count). The maximum absolute atomic E-state index is 5.51. The maximum atomic E-state index is 5.51. The van der Waals surface area contributed by atoms with E-state index in [2.05, 4.69) is 16.7 Å². The fourth-order valence-electron chi connectivity index (χ4n) is 2.09. The summed E-state index contributed by atoms with van der Waals surface area (Å²) in [6, 6.07) is 0.548. The summed E-state index contributed by atoms with van der Waals surface area (Å²) in [4.78, 5) is 5.01. The molecule has 0 aromatic heterocycles. The van der Waals surface area contributed by atoms with Gasteiger partial charge >= 0.3 is 0 Å². The van der Waals surface area contributed by atoms with E-state index in [4.69, 9.17) is 10.5 Å². The van der Waals surface area contributed by atoms with Gasteiger partial charge in [-0.25, -0.2) is 0 Å². The number of hydrogen-bond acceptors (Lipinski definition) is 4. The van der Waals surface area contributed by atoms with Crippen molar-refractivity contribution in [3.8, 4) is 0 Å². The van der Waals surface area contributed by atoms with Gasteiger partial charge in [-0.1, -0.05) is 0 Å². The van der Waals surface area contributed by atoms with E-state index in [9.17, 15) is 0 Å². The van der Waals surface area contributed by atoms with Gasteiger partial charge in [-0.15, -0.1) is 0 Å². The van der Waals surface area contributed by atoms with Crippen LogP contribution in [0.1, 0.15) is 13.3 Å². The molecule has 0 spiro atoms. The van der Waals surface area contributed by atoms with Gasteiger partial charge in [0.15, 0.2) is 0 Å². The van der Waals surface area contributed by atoms with Crippen molar-refractivity contribution >= 4 is 0 Å². The second-order valence-corrected chi connectivity index (χ2v) is 4.32. The predicted octanol–water partition coefficient (Wildman–Crippen LogP) is -0.0123. The first kappa shape index (κ1) is 12.9. The van der Waals surface area contributed by atoms with E-state index < -0.39 is 0 Å². The van der Waals surface area contributed by atoms with E-state index in [1.807, 2.05) is 0 Å².